The number of amides is 2. The number of ether oxygens (including phenoxy) is 2. The van der Waals surface area contributed by atoms with Crippen molar-refractivity contribution in [1.82, 2.24) is 10.4 Å². The van der Waals surface area contributed by atoms with Gasteiger partial charge in [0.2, 0.25) is 0 Å². The number of hydrogen-bond donors (Lipinski definition) is 1. The van der Waals surface area contributed by atoms with E-state index in [2.05, 4.69) is 21.4 Å². The number of thiocarbonyl (C=S) groups is 1. The molecular formula is C26H19BrCl2N2O4S2. The summed E-state index contributed by atoms with van der Waals surface area (Å²) in [6.45, 7) is 2.18. The maximum Gasteiger partial charge on any atom is 0.285 e. The first-order chi connectivity index (χ1) is 17.7. The number of hydrogen-bond acceptors (Lipinski definition) is 6. The van der Waals surface area contributed by atoms with Crippen molar-refractivity contribution in [2.24, 2.45) is 0 Å². The second-order valence-electron chi connectivity index (χ2n) is 7.89. The Morgan fingerprint density at radius 3 is 2.57 bits per heavy atom. The van der Waals surface area contributed by atoms with Gasteiger partial charge in [-0.2, -0.15) is 5.01 Å². The lowest BCUT2D eigenvalue weighted by atomic mass is 10.1. The molecule has 0 radical (unpaired) electrons. The summed E-state index contributed by atoms with van der Waals surface area (Å²) in [6.07, 6.45) is 1.67. The third kappa shape index (κ3) is 6.48. The molecule has 0 unspecified atom stereocenters. The van der Waals surface area contributed by atoms with Crippen molar-refractivity contribution in [3.63, 3.8) is 0 Å². The Balaban J connectivity index is 1.51. The summed E-state index contributed by atoms with van der Waals surface area (Å²) in [5.41, 5.74) is 5.32. The van der Waals surface area contributed by atoms with E-state index in [1.165, 1.54) is 7.11 Å². The Hall–Kier alpha value is -2.56. The molecule has 1 heterocycles. The van der Waals surface area contributed by atoms with Gasteiger partial charge in [-0.25, -0.2) is 0 Å². The average Bonchev–Trinajstić information content (AvgIpc) is 3.11. The Bertz CT molecular complexity index is 1430. The Morgan fingerprint density at radius 1 is 1.16 bits per heavy atom. The van der Waals surface area contributed by atoms with E-state index in [1.54, 1.807) is 48.5 Å². The molecule has 2 amide bonds. The average molecular weight is 638 g/mol. The van der Waals surface area contributed by atoms with E-state index in [1.807, 2.05) is 19.1 Å². The van der Waals surface area contributed by atoms with Crippen LogP contribution in [0.5, 0.6) is 11.5 Å². The molecule has 0 atom stereocenters. The zero-order chi connectivity index (χ0) is 26.7. The second-order valence-corrected chi connectivity index (χ2v) is 11.3. The molecule has 0 aromatic heterocycles. The highest BCUT2D eigenvalue weighted by Crippen LogP contribution is 2.39. The number of hydrazine groups is 1. The first kappa shape index (κ1) is 27.5. The van der Waals surface area contributed by atoms with Gasteiger partial charge in [0.05, 0.1) is 27.1 Å². The molecule has 1 N–H and O–H groups in total. The highest BCUT2D eigenvalue weighted by molar-refractivity contribution is 9.10. The lowest BCUT2D eigenvalue weighted by Crippen LogP contribution is -2.44. The van der Waals surface area contributed by atoms with Crippen molar-refractivity contribution in [3.05, 3.63) is 96.3 Å². The van der Waals surface area contributed by atoms with Crippen LogP contribution in [0.2, 0.25) is 10.0 Å². The molecule has 3 aromatic carbocycles. The number of carbonyl (C=O) groups excluding carboxylic acids is 2. The number of aryl methyl sites for hydroxylation is 1. The van der Waals surface area contributed by atoms with Crippen molar-refractivity contribution in [2.45, 2.75) is 13.5 Å². The van der Waals surface area contributed by atoms with Crippen molar-refractivity contribution in [3.8, 4) is 11.5 Å². The van der Waals surface area contributed by atoms with Crippen LogP contribution >= 0.6 is 63.1 Å². The molecule has 1 saturated heterocycles. The summed E-state index contributed by atoms with van der Waals surface area (Å²) in [5, 5.41) is 1.98. The van der Waals surface area contributed by atoms with E-state index in [-0.39, 0.29) is 14.9 Å². The van der Waals surface area contributed by atoms with Crippen LogP contribution in [-0.4, -0.2) is 28.3 Å². The largest absolute Gasteiger partial charge is 0.493 e. The van der Waals surface area contributed by atoms with E-state index < -0.39 is 11.8 Å². The van der Waals surface area contributed by atoms with Gasteiger partial charge < -0.3 is 9.47 Å². The molecule has 0 aliphatic carbocycles. The number of nitrogens with one attached hydrogen (secondary N) is 1. The number of nitrogens with zero attached hydrogens (tertiary/aromatic N) is 1. The summed E-state index contributed by atoms with van der Waals surface area (Å²) >= 11 is 22.1. The highest BCUT2D eigenvalue weighted by atomic mass is 79.9. The number of thioether (sulfide) groups is 1. The molecule has 0 saturated carbocycles. The molecular weight excluding hydrogens is 619 g/mol. The number of carbonyl (C=O) groups is 2. The van der Waals surface area contributed by atoms with Gasteiger partial charge in [0.1, 0.15) is 6.61 Å². The topological polar surface area (TPSA) is 67.9 Å². The van der Waals surface area contributed by atoms with E-state index >= 15 is 0 Å². The molecule has 0 bridgehead atoms. The molecule has 0 spiro atoms. The normalized spacial score (nSPS) is 14.3. The fraction of sp³-hybridized carbons (Fsp3) is 0.115. The summed E-state index contributed by atoms with van der Waals surface area (Å²) in [7, 11) is 1.53. The van der Waals surface area contributed by atoms with Crippen LogP contribution in [0, 0.1) is 6.92 Å². The number of methoxy groups -OCH3 is 1. The maximum absolute atomic E-state index is 13.0. The van der Waals surface area contributed by atoms with Gasteiger partial charge in [0.25, 0.3) is 11.8 Å². The molecule has 3 aromatic rings. The molecule has 1 fully saturated rings. The SMILES string of the molecule is COc1cc(/C=C2/SC(=S)N(NC(=O)c3ccc(C)cc3Cl)C2=O)cc(Br)c1OCc1ccc(Cl)cc1. The van der Waals surface area contributed by atoms with Gasteiger partial charge in [0.15, 0.2) is 15.8 Å². The molecule has 37 heavy (non-hydrogen) atoms. The van der Waals surface area contributed by atoms with E-state index in [4.69, 9.17) is 44.9 Å². The first-order valence-electron chi connectivity index (χ1n) is 10.8. The van der Waals surface area contributed by atoms with Gasteiger partial charge in [-0.05, 0) is 94.2 Å². The maximum atomic E-state index is 13.0. The molecule has 4 rings (SSSR count). The quantitative estimate of drug-likeness (QED) is 0.218. The van der Waals surface area contributed by atoms with Crippen LogP contribution in [-0.2, 0) is 11.4 Å². The van der Waals surface area contributed by atoms with Crippen molar-refractivity contribution < 1.29 is 19.1 Å². The molecule has 1 aliphatic heterocycles. The minimum absolute atomic E-state index is 0.196. The van der Waals surface area contributed by atoms with Crippen LogP contribution < -0.4 is 14.9 Å². The van der Waals surface area contributed by atoms with Crippen molar-refractivity contribution in [2.75, 3.05) is 7.11 Å². The third-order valence-electron chi connectivity index (χ3n) is 5.22. The summed E-state index contributed by atoms with van der Waals surface area (Å²) in [6, 6.07) is 15.9. The van der Waals surface area contributed by atoms with Gasteiger partial charge in [-0.3, -0.25) is 15.0 Å². The Morgan fingerprint density at radius 2 is 1.89 bits per heavy atom. The zero-order valence-corrected chi connectivity index (χ0v) is 24.2. The Labute approximate surface area is 242 Å². The standard InChI is InChI=1S/C26H19BrCl2N2O4S2/c1-14-3-8-18(20(29)9-14)24(32)30-31-25(33)22(37-26(31)36)12-16-10-19(27)23(21(11-16)34-2)35-13-15-4-6-17(28)7-5-15/h3-12H,13H2,1-2H3,(H,30,32)/b22-12+. The number of benzene rings is 3. The fourth-order valence-electron chi connectivity index (χ4n) is 3.38. The molecule has 1 aliphatic rings. The molecule has 6 nitrogen and oxygen atoms in total. The fourth-order valence-corrected chi connectivity index (χ4v) is 5.58. The van der Waals surface area contributed by atoms with Gasteiger partial charge in [0, 0.05) is 5.02 Å². The lowest BCUT2D eigenvalue weighted by Gasteiger charge is -2.16. The zero-order valence-electron chi connectivity index (χ0n) is 19.5. The van der Waals surface area contributed by atoms with Gasteiger partial charge >= 0.3 is 0 Å². The van der Waals surface area contributed by atoms with Gasteiger partial charge in [-0.15, -0.1) is 0 Å². The minimum atomic E-state index is -0.533. The number of rotatable bonds is 7. The minimum Gasteiger partial charge on any atom is -0.493 e. The van der Waals surface area contributed by atoms with E-state index in [0.29, 0.717) is 38.1 Å². The van der Waals surface area contributed by atoms with Gasteiger partial charge in [-0.1, -0.05) is 53.2 Å². The third-order valence-corrected chi connectivity index (χ3v) is 7.68. The summed E-state index contributed by atoms with van der Waals surface area (Å²) < 4.78 is 12.3. The Kier molecular flexibility index (Phi) is 8.82. The lowest BCUT2D eigenvalue weighted by molar-refractivity contribution is -0.123. The predicted molar refractivity (Wildman–Crippen MR) is 155 cm³/mol. The summed E-state index contributed by atoms with van der Waals surface area (Å²) in [5.74, 6) is 0.00987. The van der Waals surface area contributed by atoms with Crippen molar-refractivity contribution in [1.29, 1.82) is 0 Å². The second kappa shape index (κ2) is 11.9. The van der Waals surface area contributed by atoms with E-state index in [0.717, 1.165) is 27.9 Å². The van der Waals surface area contributed by atoms with Crippen LogP contribution in [0.15, 0.2) is 64.0 Å². The van der Waals surface area contributed by atoms with Crippen LogP contribution in [0.4, 0.5) is 0 Å². The molecule has 190 valence electrons. The molecule has 11 heteroatoms. The van der Waals surface area contributed by atoms with Crippen LogP contribution in [0.1, 0.15) is 27.0 Å². The van der Waals surface area contributed by atoms with E-state index in [9.17, 15) is 9.59 Å². The highest BCUT2D eigenvalue weighted by Gasteiger charge is 2.34. The van der Waals surface area contributed by atoms with Crippen LogP contribution in [0.25, 0.3) is 6.08 Å². The first-order valence-corrected chi connectivity index (χ1v) is 13.5. The van der Waals surface area contributed by atoms with Crippen molar-refractivity contribution >= 4 is 85.3 Å². The number of halogens is 3. The smallest absolute Gasteiger partial charge is 0.285 e. The predicted octanol–water partition coefficient (Wildman–Crippen LogP) is 7.20. The van der Waals surface area contributed by atoms with Crippen LogP contribution in [0.3, 0.4) is 0 Å². The summed E-state index contributed by atoms with van der Waals surface area (Å²) in [4.78, 5) is 26.1. The monoisotopic (exact) mass is 636 g/mol.